The van der Waals surface area contributed by atoms with Crippen molar-refractivity contribution in [3.05, 3.63) is 64.3 Å². The van der Waals surface area contributed by atoms with E-state index < -0.39 is 17.7 Å². The molecule has 0 radical (unpaired) electrons. The van der Waals surface area contributed by atoms with Crippen molar-refractivity contribution in [2.24, 2.45) is 5.73 Å². The maximum atomic E-state index is 13.3. The monoisotopic (exact) mass is 402 g/mol. The lowest BCUT2D eigenvalue weighted by atomic mass is 10.0. The van der Waals surface area contributed by atoms with Crippen molar-refractivity contribution in [3.8, 4) is 11.1 Å². The molecule has 146 valence electrons. The quantitative estimate of drug-likeness (QED) is 0.615. The number of halogens is 1. The average Bonchev–Trinajstić information content (AvgIpc) is 3.07. The third-order valence-electron chi connectivity index (χ3n) is 3.71. The molecule has 28 heavy (non-hydrogen) atoms. The van der Waals surface area contributed by atoms with Crippen LogP contribution in [0.2, 0.25) is 0 Å². The number of carboxylic acid groups (broad SMARTS) is 1. The van der Waals surface area contributed by atoms with Crippen LogP contribution >= 0.6 is 11.3 Å². The SMILES string of the molecule is CN.Cc1ncc(-c2csc(NC(=O)c3cccc(F)c3)c2C(=O)O)c(C)n1. The molecule has 1 amide bonds. The van der Waals surface area contributed by atoms with Crippen LogP contribution in [-0.4, -0.2) is 34.0 Å². The number of aromatic carboxylic acids is 1. The minimum absolute atomic E-state index is 0.0460. The summed E-state index contributed by atoms with van der Waals surface area (Å²) in [7, 11) is 1.50. The van der Waals surface area contributed by atoms with Crippen LogP contribution in [0.25, 0.3) is 11.1 Å². The molecule has 9 heteroatoms. The van der Waals surface area contributed by atoms with E-state index in [-0.39, 0.29) is 16.1 Å². The van der Waals surface area contributed by atoms with E-state index in [2.05, 4.69) is 21.0 Å². The fourth-order valence-electron chi connectivity index (χ4n) is 2.51. The Bertz CT molecular complexity index is 1020. The number of carbonyl (C=O) groups is 2. The summed E-state index contributed by atoms with van der Waals surface area (Å²) in [6.45, 7) is 3.51. The number of aryl methyl sites for hydroxylation is 2. The van der Waals surface area contributed by atoms with Crippen LogP contribution in [0.15, 0.2) is 35.8 Å². The Hall–Kier alpha value is -3.17. The zero-order chi connectivity index (χ0) is 20.8. The highest BCUT2D eigenvalue weighted by Crippen LogP contribution is 2.36. The predicted molar refractivity (Wildman–Crippen MR) is 106 cm³/mol. The smallest absolute Gasteiger partial charge is 0.339 e. The molecule has 0 bridgehead atoms. The van der Waals surface area contributed by atoms with Crippen molar-refractivity contribution in [1.82, 2.24) is 9.97 Å². The first-order valence-electron chi connectivity index (χ1n) is 8.17. The number of rotatable bonds is 4. The maximum Gasteiger partial charge on any atom is 0.339 e. The standard InChI is InChI=1S/C18H14FN3O3S.CH5N/c1-9-13(7-20-10(2)21-9)14-8-26-17(15(14)18(24)25)22-16(23)11-4-3-5-12(19)6-11;1-2/h3-8H,1-2H3,(H,22,23)(H,24,25);2H2,1H3. The van der Waals surface area contributed by atoms with Gasteiger partial charge in [-0.15, -0.1) is 11.3 Å². The van der Waals surface area contributed by atoms with Crippen molar-refractivity contribution in [1.29, 1.82) is 0 Å². The molecule has 4 N–H and O–H groups in total. The highest BCUT2D eigenvalue weighted by molar-refractivity contribution is 7.15. The molecule has 3 aromatic rings. The predicted octanol–water partition coefficient (Wildman–Crippen LogP) is 3.49. The van der Waals surface area contributed by atoms with Gasteiger partial charge in [0.05, 0.1) is 0 Å². The molecule has 7 nitrogen and oxygen atoms in total. The number of hydrogen-bond acceptors (Lipinski definition) is 6. The summed E-state index contributed by atoms with van der Waals surface area (Å²) in [6, 6.07) is 5.17. The van der Waals surface area contributed by atoms with Gasteiger partial charge in [0.25, 0.3) is 5.91 Å². The number of nitrogens with one attached hydrogen (secondary N) is 1. The van der Waals surface area contributed by atoms with Crippen LogP contribution in [0.1, 0.15) is 32.2 Å². The van der Waals surface area contributed by atoms with Gasteiger partial charge in [-0.3, -0.25) is 4.79 Å². The first-order valence-corrected chi connectivity index (χ1v) is 9.05. The molecule has 0 fully saturated rings. The van der Waals surface area contributed by atoms with Crippen LogP contribution in [0.5, 0.6) is 0 Å². The highest BCUT2D eigenvalue weighted by atomic mass is 32.1. The Morgan fingerprint density at radius 2 is 1.93 bits per heavy atom. The van der Waals surface area contributed by atoms with Crippen LogP contribution in [-0.2, 0) is 0 Å². The van der Waals surface area contributed by atoms with Gasteiger partial charge in [-0.05, 0) is 39.1 Å². The lowest BCUT2D eigenvalue weighted by Gasteiger charge is -2.08. The van der Waals surface area contributed by atoms with Crippen LogP contribution in [0.4, 0.5) is 9.39 Å². The van der Waals surface area contributed by atoms with Gasteiger partial charge in [-0.2, -0.15) is 0 Å². The lowest BCUT2D eigenvalue weighted by molar-refractivity contribution is 0.0699. The zero-order valence-electron chi connectivity index (χ0n) is 15.5. The van der Waals surface area contributed by atoms with E-state index in [0.717, 1.165) is 17.4 Å². The summed E-state index contributed by atoms with van der Waals surface area (Å²) in [4.78, 5) is 32.5. The van der Waals surface area contributed by atoms with Crippen molar-refractivity contribution in [3.63, 3.8) is 0 Å². The van der Waals surface area contributed by atoms with Gasteiger partial charge < -0.3 is 16.2 Å². The summed E-state index contributed by atoms with van der Waals surface area (Å²) in [5.41, 5.74) is 6.20. The third kappa shape index (κ3) is 4.56. The van der Waals surface area contributed by atoms with E-state index in [1.54, 1.807) is 25.4 Å². The molecule has 0 saturated carbocycles. The van der Waals surface area contributed by atoms with Crippen molar-refractivity contribution in [2.45, 2.75) is 13.8 Å². The van der Waals surface area contributed by atoms with Crippen molar-refractivity contribution >= 4 is 28.2 Å². The van der Waals surface area contributed by atoms with Gasteiger partial charge in [-0.1, -0.05) is 6.07 Å². The summed E-state index contributed by atoms with van der Waals surface area (Å²) in [5.74, 6) is -1.73. The number of carbonyl (C=O) groups excluding carboxylic acids is 1. The molecule has 0 unspecified atom stereocenters. The fourth-order valence-corrected chi connectivity index (χ4v) is 3.46. The Morgan fingerprint density at radius 3 is 2.54 bits per heavy atom. The van der Waals surface area contributed by atoms with E-state index in [4.69, 9.17) is 0 Å². The fraction of sp³-hybridized carbons (Fsp3) is 0.158. The summed E-state index contributed by atoms with van der Waals surface area (Å²) in [5, 5.41) is 14.0. The molecule has 0 atom stereocenters. The average molecular weight is 402 g/mol. The minimum Gasteiger partial charge on any atom is -0.478 e. The molecular formula is C19H19FN4O3S. The van der Waals surface area contributed by atoms with Gasteiger partial charge >= 0.3 is 5.97 Å². The van der Waals surface area contributed by atoms with Crippen molar-refractivity contribution < 1.29 is 19.1 Å². The number of anilines is 1. The third-order valence-corrected chi connectivity index (χ3v) is 4.60. The van der Waals surface area contributed by atoms with Gasteiger partial charge in [0.15, 0.2) is 0 Å². The Kier molecular flexibility index (Phi) is 6.91. The molecule has 0 aliphatic carbocycles. The van der Waals surface area contributed by atoms with Gasteiger partial charge in [0, 0.05) is 34.0 Å². The van der Waals surface area contributed by atoms with Gasteiger partial charge in [0.2, 0.25) is 0 Å². The summed E-state index contributed by atoms with van der Waals surface area (Å²) in [6.07, 6.45) is 1.56. The van der Waals surface area contributed by atoms with E-state index in [1.807, 2.05) is 0 Å². The first kappa shape index (κ1) is 21.1. The second-order valence-electron chi connectivity index (χ2n) is 5.54. The minimum atomic E-state index is -1.18. The second-order valence-corrected chi connectivity index (χ2v) is 6.42. The normalized spacial score (nSPS) is 10.0. The van der Waals surface area contributed by atoms with Crippen molar-refractivity contribution in [2.75, 3.05) is 12.4 Å². The summed E-state index contributed by atoms with van der Waals surface area (Å²) < 4.78 is 13.3. The number of benzene rings is 1. The maximum absolute atomic E-state index is 13.3. The zero-order valence-corrected chi connectivity index (χ0v) is 16.3. The molecule has 3 rings (SSSR count). The van der Waals surface area contributed by atoms with Crippen LogP contribution < -0.4 is 11.1 Å². The van der Waals surface area contributed by atoms with E-state index in [0.29, 0.717) is 22.6 Å². The molecule has 2 heterocycles. The Labute approximate surface area is 165 Å². The molecule has 0 spiro atoms. The summed E-state index contributed by atoms with van der Waals surface area (Å²) >= 11 is 1.08. The first-order chi connectivity index (χ1) is 13.4. The number of amides is 1. The van der Waals surface area contributed by atoms with Crippen LogP contribution in [0, 0.1) is 19.7 Å². The van der Waals surface area contributed by atoms with E-state index >= 15 is 0 Å². The Morgan fingerprint density at radius 1 is 1.21 bits per heavy atom. The molecule has 0 saturated heterocycles. The number of nitrogens with zero attached hydrogens (tertiary/aromatic N) is 2. The number of thiophene rings is 1. The molecule has 0 aliphatic heterocycles. The topological polar surface area (TPSA) is 118 Å². The molecule has 2 aromatic heterocycles. The number of carboxylic acids is 1. The number of nitrogens with two attached hydrogens (primary N) is 1. The molecular weight excluding hydrogens is 383 g/mol. The Balaban J connectivity index is 0.00000136. The molecule has 1 aromatic carbocycles. The highest BCUT2D eigenvalue weighted by Gasteiger charge is 2.23. The lowest BCUT2D eigenvalue weighted by Crippen LogP contribution is -2.13. The second kappa shape index (κ2) is 9.16. The number of hydrogen-bond donors (Lipinski definition) is 3. The molecule has 0 aliphatic rings. The van der Waals surface area contributed by atoms with E-state index in [1.165, 1.54) is 25.2 Å². The van der Waals surface area contributed by atoms with Gasteiger partial charge in [-0.25, -0.2) is 19.2 Å². The number of aromatic nitrogens is 2. The van der Waals surface area contributed by atoms with Gasteiger partial charge in [0.1, 0.15) is 22.2 Å². The largest absolute Gasteiger partial charge is 0.478 e. The van der Waals surface area contributed by atoms with Crippen LogP contribution in [0.3, 0.4) is 0 Å². The van der Waals surface area contributed by atoms with E-state index in [9.17, 15) is 19.1 Å².